The number of hydrogen-bond donors (Lipinski definition) is 4. The number of benzene rings is 1. The fraction of sp³-hybridized carbons (Fsp3) is 0.467. The van der Waals surface area contributed by atoms with Crippen LogP contribution < -0.4 is 26.8 Å². The molecular weight excluding hydrogens is 284 g/mol. The second-order valence-electron chi connectivity index (χ2n) is 5.29. The second kappa shape index (κ2) is 8.23. The van der Waals surface area contributed by atoms with Gasteiger partial charge in [0, 0.05) is 6.54 Å². The van der Waals surface area contributed by atoms with E-state index in [-0.39, 0.29) is 18.5 Å². The van der Waals surface area contributed by atoms with Crippen LogP contribution in [0.3, 0.4) is 0 Å². The first-order chi connectivity index (χ1) is 10.3. The molecule has 6 N–H and O–H groups in total. The summed E-state index contributed by atoms with van der Waals surface area (Å²) in [7, 11) is 0. The van der Waals surface area contributed by atoms with Gasteiger partial charge in [0.1, 0.15) is 18.4 Å². The van der Waals surface area contributed by atoms with Crippen LogP contribution in [0, 0.1) is 13.8 Å². The standard InChI is InChI=1S/C15H24N4O3/c1-9-5-4-6-10(2)13(9)22-8-11(3)19-14(20)12(16)7-18-15(17)21/h4-6,11-12H,7-8,16H2,1-3H3,(H,19,20)(H3,17,18,21)/t11?,12-/m0/s1. The fourth-order valence-electron chi connectivity index (χ4n) is 1.93. The molecule has 0 bridgehead atoms. The molecular formula is C15H24N4O3. The zero-order valence-corrected chi connectivity index (χ0v) is 13.2. The lowest BCUT2D eigenvalue weighted by molar-refractivity contribution is -0.123. The molecule has 7 nitrogen and oxygen atoms in total. The molecule has 1 rings (SSSR count). The number of amides is 3. The van der Waals surface area contributed by atoms with Crippen molar-refractivity contribution in [3.63, 3.8) is 0 Å². The molecule has 0 aliphatic carbocycles. The monoisotopic (exact) mass is 308 g/mol. The second-order valence-corrected chi connectivity index (χ2v) is 5.29. The van der Waals surface area contributed by atoms with Gasteiger partial charge in [-0.25, -0.2) is 4.79 Å². The Kier molecular flexibility index (Phi) is 6.65. The summed E-state index contributed by atoms with van der Waals surface area (Å²) in [6.45, 7) is 6.08. The molecule has 0 spiro atoms. The number of carbonyl (C=O) groups excluding carboxylic acids is 2. The summed E-state index contributed by atoms with van der Waals surface area (Å²) in [5, 5.41) is 5.03. The molecule has 0 saturated heterocycles. The molecule has 2 atom stereocenters. The van der Waals surface area contributed by atoms with Gasteiger partial charge in [0.15, 0.2) is 0 Å². The van der Waals surface area contributed by atoms with Gasteiger partial charge in [0.2, 0.25) is 5.91 Å². The SMILES string of the molecule is Cc1cccc(C)c1OCC(C)NC(=O)[C@@H](N)CNC(N)=O. The summed E-state index contributed by atoms with van der Waals surface area (Å²) >= 11 is 0. The number of carbonyl (C=O) groups is 2. The van der Waals surface area contributed by atoms with Crippen molar-refractivity contribution in [2.75, 3.05) is 13.2 Å². The predicted molar refractivity (Wildman–Crippen MR) is 84.6 cm³/mol. The first-order valence-corrected chi connectivity index (χ1v) is 7.09. The van der Waals surface area contributed by atoms with E-state index in [9.17, 15) is 9.59 Å². The third-order valence-corrected chi connectivity index (χ3v) is 3.11. The first kappa shape index (κ1) is 17.8. The van der Waals surface area contributed by atoms with Crippen molar-refractivity contribution < 1.29 is 14.3 Å². The normalized spacial score (nSPS) is 13.1. The van der Waals surface area contributed by atoms with Crippen LogP contribution in [-0.2, 0) is 4.79 Å². The fourth-order valence-corrected chi connectivity index (χ4v) is 1.93. The van der Waals surface area contributed by atoms with Gasteiger partial charge in [-0.05, 0) is 31.9 Å². The number of rotatable bonds is 7. The zero-order valence-electron chi connectivity index (χ0n) is 13.2. The van der Waals surface area contributed by atoms with Crippen LogP contribution in [0.15, 0.2) is 18.2 Å². The van der Waals surface area contributed by atoms with Gasteiger partial charge < -0.3 is 26.8 Å². The molecule has 122 valence electrons. The van der Waals surface area contributed by atoms with E-state index in [0.29, 0.717) is 6.61 Å². The van der Waals surface area contributed by atoms with Crippen LogP contribution in [0.4, 0.5) is 4.79 Å². The van der Waals surface area contributed by atoms with Crippen molar-refractivity contribution in [3.05, 3.63) is 29.3 Å². The van der Waals surface area contributed by atoms with Gasteiger partial charge in [0.25, 0.3) is 0 Å². The van der Waals surface area contributed by atoms with E-state index in [1.54, 1.807) is 0 Å². The number of primary amides is 1. The van der Waals surface area contributed by atoms with Crippen LogP contribution in [0.5, 0.6) is 5.75 Å². The van der Waals surface area contributed by atoms with Gasteiger partial charge in [-0.15, -0.1) is 0 Å². The molecule has 0 fully saturated rings. The lowest BCUT2D eigenvalue weighted by Gasteiger charge is -2.19. The van der Waals surface area contributed by atoms with E-state index in [4.69, 9.17) is 16.2 Å². The number of hydrogen-bond acceptors (Lipinski definition) is 4. The van der Waals surface area contributed by atoms with E-state index >= 15 is 0 Å². The molecule has 0 aromatic heterocycles. The van der Waals surface area contributed by atoms with Crippen LogP contribution in [0.2, 0.25) is 0 Å². The number of nitrogens with two attached hydrogens (primary N) is 2. The average Bonchev–Trinajstić information content (AvgIpc) is 2.44. The van der Waals surface area contributed by atoms with Crippen molar-refractivity contribution in [1.82, 2.24) is 10.6 Å². The van der Waals surface area contributed by atoms with Crippen molar-refractivity contribution in [1.29, 1.82) is 0 Å². The van der Waals surface area contributed by atoms with E-state index in [1.165, 1.54) is 0 Å². The first-order valence-electron chi connectivity index (χ1n) is 7.09. The van der Waals surface area contributed by atoms with Gasteiger partial charge in [0.05, 0.1) is 6.04 Å². The molecule has 1 aromatic carbocycles. The molecule has 0 saturated carbocycles. The molecule has 0 aliphatic rings. The highest BCUT2D eigenvalue weighted by atomic mass is 16.5. The third kappa shape index (κ3) is 5.61. The largest absolute Gasteiger partial charge is 0.491 e. The zero-order chi connectivity index (χ0) is 16.7. The number of nitrogens with one attached hydrogen (secondary N) is 2. The van der Waals surface area contributed by atoms with Gasteiger partial charge in [-0.2, -0.15) is 0 Å². The highest BCUT2D eigenvalue weighted by Gasteiger charge is 2.16. The summed E-state index contributed by atoms with van der Waals surface area (Å²) in [4.78, 5) is 22.4. The predicted octanol–water partition coefficient (Wildman–Crippen LogP) is 0.183. The molecule has 0 heterocycles. The molecule has 0 aliphatic heterocycles. The lowest BCUT2D eigenvalue weighted by atomic mass is 10.1. The third-order valence-electron chi connectivity index (χ3n) is 3.11. The molecule has 3 amide bonds. The maximum atomic E-state index is 11.8. The Balaban J connectivity index is 2.44. The summed E-state index contributed by atoms with van der Waals surface area (Å²) < 4.78 is 5.76. The van der Waals surface area contributed by atoms with Gasteiger partial charge in [-0.1, -0.05) is 18.2 Å². The minimum atomic E-state index is -0.852. The Morgan fingerprint density at radius 3 is 2.41 bits per heavy atom. The summed E-state index contributed by atoms with van der Waals surface area (Å²) in [6, 6.07) is 4.12. The maximum absolute atomic E-state index is 11.8. The summed E-state index contributed by atoms with van der Waals surface area (Å²) in [5.74, 6) is 0.453. The highest BCUT2D eigenvalue weighted by Crippen LogP contribution is 2.22. The van der Waals surface area contributed by atoms with E-state index in [2.05, 4.69) is 10.6 Å². The maximum Gasteiger partial charge on any atom is 0.312 e. The highest BCUT2D eigenvalue weighted by molar-refractivity contribution is 5.82. The Bertz CT molecular complexity index is 513. The molecule has 1 unspecified atom stereocenters. The molecule has 1 aromatic rings. The average molecular weight is 308 g/mol. The van der Waals surface area contributed by atoms with Crippen LogP contribution in [-0.4, -0.2) is 37.2 Å². The van der Waals surface area contributed by atoms with E-state index in [0.717, 1.165) is 16.9 Å². The number of para-hydroxylation sites is 1. The van der Waals surface area contributed by atoms with Gasteiger partial charge in [-0.3, -0.25) is 4.79 Å². The minimum absolute atomic E-state index is 0.00829. The lowest BCUT2D eigenvalue weighted by Crippen LogP contribution is -2.51. The van der Waals surface area contributed by atoms with Crippen LogP contribution in [0.25, 0.3) is 0 Å². The summed E-state index contributed by atoms with van der Waals surface area (Å²) in [6.07, 6.45) is 0. The Hall–Kier alpha value is -2.28. The van der Waals surface area contributed by atoms with Crippen molar-refractivity contribution in [3.8, 4) is 5.75 Å². The van der Waals surface area contributed by atoms with Crippen molar-refractivity contribution >= 4 is 11.9 Å². The van der Waals surface area contributed by atoms with Crippen molar-refractivity contribution in [2.45, 2.75) is 32.9 Å². The molecule has 7 heteroatoms. The number of urea groups is 1. The number of ether oxygens (including phenoxy) is 1. The van der Waals surface area contributed by atoms with Gasteiger partial charge >= 0.3 is 6.03 Å². The van der Waals surface area contributed by atoms with E-state index in [1.807, 2.05) is 39.0 Å². The Morgan fingerprint density at radius 1 is 1.27 bits per heavy atom. The Morgan fingerprint density at radius 2 is 1.86 bits per heavy atom. The quantitative estimate of drug-likeness (QED) is 0.574. The van der Waals surface area contributed by atoms with Crippen molar-refractivity contribution in [2.24, 2.45) is 11.5 Å². The minimum Gasteiger partial charge on any atom is -0.491 e. The topological polar surface area (TPSA) is 119 Å². The molecule has 22 heavy (non-hydrogen) atoms. The Labute approximate surface area is 130 Å². The summed E-state index contributed by atoms with van der Waals surface area (Å²) in [5.41, 5.74) is 12.7. The van der Waals surface area contributed by atoms with E-state index < -0.39 is 12.1 Å². The van der Waals surface area contributed by atoms with Crippen LogP contribution in [0.1, 0.15) is 18.1 Å². The van der Waals surface area contributed by atoms with Crippen LogP contribution >= 0.6 is 0 Å². The smallest absolute Gasteiger partial charge is 0.312 e. The molecule has 0 radical (unpaired) electrons. The number of aryl methyl sites for hydroxylation is 2.